The van der Waals surface area contributed by atoms with Gasteiger partial charge in [0.05, 0.1) is 6.04 Å². The lowest BCUT2D eigenvalue weighted by Gasteiger charge is -2.40. The molecule has 0 aromatic rings. The van der Waals surface area contributed by atoms with Gasteiger partial charge in [-0.1, -0.05) is 0 Å². The third-order valence-electron chi connectivity index (χ3n) is 3.08. The number of nitrogens with two attached hydrogens (primary N) is 1. The van der Waals surface area contributed by atoms with E-state index in [1.807, 2.05) is 0 Å². The summed E-state index contributed by atoms with van der Waals surface area (Å²) in [6.45, 7) is 3.15. The van der Waals surface area contributed by atoms with Crippen molar-refractivity contribution < 1.29 is 4.79 Å². The Kier molecular flexibility index (Phi) is 2.51. The Morgan fingerprint density at radius 2 is 2.38 bits per heavy atom. The number of carbonyl (C=O) groups is 1. The SMILES string of the molecule is NC(=O)C1CCN1C[C@H]1CCCN1. The van der Waals surface area contributed by atoms with Crippen LogP contribution in [-0.2, 0) is 4.79 Å². The lowest BCUT2D eigenvalue weighted by molar-refractivity contribution is -0.127. The first-order valence-corrected chi connectivity index (χ1v) is 5.04. The minimum absolute atomic E-state index is 0.0161. The summed E-state index contributed by atoms with van der Waals surface area (Å²) in [5.41, 5.74) is 5.26. The lowest BCUT2D eigenvalue weighted by atomic mass is 10.0. The molecule has 2 aliphatic heterocycles. The molecule has 0 aliphatic carbocycles. The molecule has 2 heterocycles. The number of likely N-dealkylation sites (tertiary alicyclic amines) is 1. The Morgan fingerprint density at radius 3 is 2.85 bits per heavy atom. The number of rotatable bonds is 3. The monoisotopic (exact) mass is 183 g/mol. The van der Waals surface area contributed by atoms with Gasteiger partial charge in [-0.3, -0.25) is 9.69 Å². The first kappa shape index (κ1) is 8.97. The van der Waals surface area contributed by atoms with Crippen LogP contribution in [0.2, 0.25) is 0 Å². The summed E-state index contributed by atoms with van der Waals surface area (Å²) in [4.78, 5) is 13.1. The van der Waals surface area contributed by atoms with E-state index in [0.29, 0.717) is 6.04 Å². The molecule has 0 bridgehead atoms. The van der Waals surface area contributed by atoms with Crippen molar-refractivity contribution in [1.82, 2.24) is 10.2 Å². The van der Waals surface area contributed by atoms with Crippen molar-refractivity contribution in [3.63, 3.8) is 0 Å². The molecule has 4 heteroatoms. The summed E-state index contributed by atoms with van der Waals surface area (Å²) < 4.78 is 0. The van der Waals surface area contributed by atoms with Crippen molar-refractivity contribution >= 4 is 5.91 Å². The Labute approximate surface area is 78.5 Å². The highest BCUT2D eigenvalue weighted by Crippen LogP contribution is 2.18. The molecular formula is C9H17N3O. The molecule has 2 saturated heterocycles. The number of nitrogens with one attached hydrogen (secondary N) is 1. The summed E-state index contributed by atoms with van der Waals surface area (Å²) in [5, 5.41) is 3.42. The van der Waals surface area contributed by atoms with Gasteiger partial charge in [-0.2, -0.15) is 0 Å². The van der Waals surface area contributed by atoms with Crippen LogP contribution in [0.25, 0.3) is 0 Å². The minimum atomic E-state index is -0.163. The van der Waals surface area contributed by atoms with Gasteiger partial charge in [0.15, 0.2) is 0 Å². The van der Waals surface area contributed by atoms with Crippen molar-refractivity contribution in [2.75, 3.05) is 19.6 Å². The predicted molar refractivity (Wildman–Crippen MR) is 50.2 cm³/mol. The smallest absolute Gasteiger partial charge is 0.234 e. The van der Waals surface area contributed by atoms with Gasteiger partial charge in [-0.15, -0.1) is 0 Å². The van der Waals surface area contributed by atoms with E-state index in [4.69, 9.17) is 5.73 Å². The van der Waals surface area contributed by atoms with Crippen molar-refractivity contribution in [3.8, 4) is 0 Å². The van der Waals surface area contributed by atoms with E-state index in [0.717, 1.165) is 26.1 Å². The Hall–Kier alpha value is -0.610. The van der Waals surface area contributed by atoms with E-state index in [9.17, 15) is 4.79 Å². The van der Waals surface area contributed by atoms with Gasteiger partial charge in [0, 0.05) is 19.1 Å². The van der Waals surface area contributed by atoms with Crippen LogP contribution in [0.5, 0.6) is 0 Å². The topological polar surface area (TPSA) is 58.4 Å². The van der Waals surface area contributed by atoms with Crippen LogP contribution in [0.1, 0.15) is 19.3 Å². The maximum absolute atomic E-state index is 10.9. The number of hydrogen-bond acceptors (Lipinski definition) is 3. The number of primary amides is 1. The second kappa shape index (κ2) is 3.64. The first-order valence-electron chi connectivity index (χ1n) is 5.04. The van der Waals surface area contributed by atoms with Gasteiger partial charge in [0.1, 0.15) is 0 Å². The Bertz CT molecular complexity index is 201. The zero-order chi connectivity index (χ0) is 9.26. The molecule has 2 fully saturated rings. The van der Waals surface area contributed by atoms with Crippen molar-refractivity contribution in [2.45, 2.75) is 31.3 Å². The summed E-state index contributed by atoms with van der Waals surface area (Å²) in [5.74, 6) is -0.163. The van der Waals surface area contributed by atoms with Crippen LogP contribution in [0, 0.1) is 0 Å². The zero-order valence-corrected chi connectivity index (χ0v) is 7.83. The second-order valence-electron chi connectivity index (χ2n) is 4.00. The fraction of sp³-hybridized carbons (Fsp3) is 0.889. The number of hydrogen-bond donors (Lipinski definition) is 2. The predicted octanol–water partition coefficient (Wildman–Crippen LogP) is -0.702. The molecule has 0 aromatic heterocycles. The average molecular weight is 183 g/mol. The summed E-state index contributed by atoms with van der Waals surface area (Å²) in [6, 6.07) is 0.601. The molecule has 0 radical (unpaired) electrons. The molecule has 13 heavy (non-hydrogen) atoms. The molecule has 2 aliphatic rings. The second-order valence-corrected chi connectivity index (χ2v) is 4.00. The highest BCUT2D eigenvalue weighted by Gasteiger charge is 2.34. The Morgan fingerprint density at radius 1 is 1.54 bits per heavy atom. The van der Waals surface area contributed by atoms with Crippen LogP contribution in [-0.4, -0.2) is 42.5 Å². The maximum Gasteiger partial charge on any atom is 0.234 e. The van der Waals surface area contributed by atoms with Gasteiger partial charge in [0.25, 0.3) is 0 Å². The molecule has 0 saturated carbocycles. The van der Waals surface area contributed by atoms with Gasteiger partial charge < -0.3 is 11.1 Å². The van der Waals surface area contributed by atoms with Crippen LogP contribution < -0.4 is 11.1 Å². The molecule has 3 N–H and O–H groups in total. The quantitative estimate of drug-likeness (QED) is 0.608. The average Bonchev–Trinajstić information content (AvgIpc) is 2.48. The molecule has 2 rings (SSSR count). The molecule has 0 aromatic carbocycles. The van der Waals surface area contributed by atoms with E-state index in [1.54, 1.807) is 0 Å². The molecule has 0 spiro atoms. The molecule has 2 atom stereocenters. The molecule has 4 nitrogen and oxygen atoms in total. The van der Waals surface area contributed by atoms with Crippen LogP contribution in [0.3, 0.4) is 0 Å². The number of amides is 1. The van der Waals surface area contributed by atoms with E-state index in [2.05, 4.69) is 10.2 Å². The fourth-order valence-electron chi connectivity index (χ4n) is 2.18. The van der Waals surface area contributed by atoms with Crippen LogP contribution in [0.15, 0.2) is 0 Å². The standard InChI is InChI=1S/C9H17N3O/c10-9(13)8-3-5-12(8)6-7-2-1-4-11-7/h7-8,11H,1-6H2,(H2,10,13)/t7-,8?/m1/s1. The van der Waals surface area contributed by atoms with Gasteiger partial charge in [0.2, 0.25) is 5.91 Å². The maximum atomic E-state index is 10.9. The van der Waals surface area contributed by atoms with Crippen LogP contribution in [0.4, 0.5) is 0 Å². The Balaban J connectivity index is 1.78. The van der Waals surface area contributed by atoms with E-state index in [-0.39, 0.29) is 11.9 Å². The fourth-order valence-corrected chi connectivity index (χ4v) is 2.18. The van der Waals surface area contributed by atoms with Gasteiger partial charge >= 0.3 is 0 Å². The van der Waals surface area contributed by atoms with Crippen molar-refractivity contribution in [3.05, 3.63) is 0 Å². The summed E-state index contributed by atoms with van der Waals surface area (Å²) in [7, 11) is 0. The lowest BCUT2D eigenvalue weighted by Crippen LogP contribution is -2.57. The summed E-state index contributed by atoms with van der Waals surface area (Å²) in [6.07, 6.45) is 3.45. The molecular weight excluding hydrogens is 166 g/mol. The van der Waals surface area contributed by atoms with Gasteiger partial charge in [-0.05, 0) is 25.8 Å². The van der Waals surface area contributed by atoms with Crippen LogP contribution >= 0.6 is 0 Å². The molecule has 74 valence electrons. The van der Waals surface area contributed by atoms with Crippen molar-refractivity contribution in [2.24, 2.45) is 5.73 Å². The first-order chi connectivity index (χ1) is 6.27. The third kappa shape index (κ3) is 1.84. The highest BCUT2D eigenvalue weighted by molar-refractivity contribution is 5.80. The molecule has 1 unspecified atom stereocenters. The van der Waals surface area contributed by atoms with E-state index < -0.39 is 0 Å². The molecule has 1 amide bonds. The van der Waals surface area contributed by atoms with Crippen molar-refractivity contribution in [1.29, 1.82) is 0 Å². The van der Waals surface area contributed by atoms with E-state index in [1.165, 1.54) is 12.8 Å². The third-order valence-corrected chi connectivity index (χ3v) is 3.08. The largest absolute Gasteiger partial charge is 0.368 e. The highest BCUT2D eigenvalue weighted by atomic mass is 16.1. The minimum Gasteiger partial charge on any atom is -0.368 e. The summed E-state index contributed by atoms with van der Waals surface area (Å²) >= 11 is 0. The normalized spacial score (nSPS) is 34.5. The number of nitrogens with zero attached hydrogens (tertiary/aromatic N) is 1. The van der Waals surface area contributed by atoms with Gasteiger partial charge in [-0.25, -0.2) is 0 Å². The number of carbonyl (C=O) groups excluding carboxylic acids is 1. The van der Waals surface area contributed by atoms with E-state index >= 15 is 0 Å². The zero-order valence-electron chi connectivity index (χ0n) is 7.83.